The number of rotatable bonds is 1. The summed E-state index contributed by atoms with van der Waals surface area (Å²) in [5.41, 5.74) is 0.738. The van der Waals surface area contributed by atoms with Crippen molar-refractivity contribution in [2.24, 2.45) is 0 Å². The van der Waals surface area contributed by atoms with Gasteiger partial charge in [-0.15, -0.1) is 0 Å². The molecule has 0 bridgehead atoms. The second-order valence-corrected chi connectivity index (χ2v) is 3.56. The van der Waals surface area contributed by atoms with E-state index < -0.39 is 6.67 Å². The maximum Gasteiger partial charge on any atom is 0.167 e. The number of nitrogens with zero attached hydrogens (tertiary/aromatic N) is 1. The van der Waals surface area contributed by atoms with Gasteiger partial charge in [-0.05, 0) is 0 Å². The zero-order valence-electron chi connectivity index (χ0n) is 7.02. The first-order chi connectivity index (χ1) is 5.04. The Hall–Kier alpha value is -0.860. The first-order valence-corrected chi connectivity index (χ1v) is 3.56. The summed E-state index contributed by atoms with van der Waals surface area (Å²) < 4.78 is 16.7. The van der Waals surface area contributed by atoms with Crippen LogP contribution in [0.25, 0.3) is 0 Å². The van der Waals surface area contributed by atoms with Gasteiger partial charge in [-0.2, -0.15) is 0 Å². The average Bonchev–Trinajstić information content (AvgIpc) is 2.32. The van der Waals surface area contributed by atoms with Crippen LogP contribution in [0.2, 0.25) is 0 Å². The van der Waals surface area contributed by atoms with E-state index in [1.54, 1.807) is 6.07 Å². The zero-order chi connectivity index (χ0) is 8.48. The Morgan fingerprint density at radius 2 is 2.18 bits per heavy atom. The molecule has 3 heteroatoms. The van der Waals surface area contributed by atoms with E-state index in [4.69, 9.17) is 4.52 Å². The summed E-state index contributed by atoms with van der Waals surface area (Å²) in [5.74, 6) is 0.301. The molecule has 2 nitrogen and oxygen atoms in total. The van der Waals surface area contributed by atoms with Gasteiger partial charge < -0.3 is 4.52 Å². The Bertz CT molecular complexity index is 236. The number of alkyl halides is 1. The molecule has 0 N–H and O–H groups in total. The SMILES string of the molecule is CC(C)(C)c1cc(CF)on1. The molecule has 0 saturated carbocycles. The first-order valence-electron chi connectivity index (χ1n) is 3.56. The van der Waals surface area contributed by atoms with Crippen LogP contribution in [0.5, 0.6) is 0 Å². The molecule has 0 aliphatic rings. The third-order valence-corrected chi connectivity index (χ3v) is 1.46. The Labute approximate surface area is 65.4 Å². The van der Waals surface area contributed by atoms with E-state index in [-0.39, 0.29) is 5.41 Å². The summed E-state index contributed by atoms with van der Waals surface area (Å²) >= 11 is 0. The largest absolute Gasteiger partial charge is 0.358 e. The summed E-state index contributed by atoms with van der Waals surface area (Å²) in [7, 11) is 0. The molecule has 0 spiro atoms. The lowest BCUT2D eigenvalue weighted by Crippen LogP contribution is -2.10. The van der Waals surface area contributed by atoms with Gasteiger partial charge in [-0.3, -0.25) is 0 Å². The Kier molecular flexibility index (Phi) is 1.98. The van der Waals surface area contributed by atoms with Crippen LogP contribution in [0, 0.1) is 0 Å². The molecule has 1 aromatic heterocycles. The van der Waals surface area contributed by atoms with E-state index in [9.17, 15) is 4.39 Å². The lowest BCUT2D eigenvalue weighted by Gasteiger charge is -2.12. The minimum Gasteiger partial charge on any atom is -0.358 e. The number of aromatic nitrogens is 1. The monoisotopic (exact) mass is 157 g/mol. The molecule has 1 rings (SSSR count). The third-order valence-electron chi connectivity index (χ3n) is 1.46. The average molecular weight is 157 g/mol. The minimum absolute atomic E-state index is 0.0586. The van der Waals surface area contributed by atoms with Crippen molar-refractivity contribution in [2.45, 2.75) is 32.9 Å². The molecule has 0 aromatic carbocycles. The fourth-order valence-corrected chi connectivity index (χ4v) is 0.729. The highest BCUT2D eigenvalue weighted by molar-refractivity contribution is 5.13. The maximum absolute atomic E-state index is 12.0. The molecular formula is C8H12FNO. The van der Waals surface area contributed by atoms with E-state index in [1.807, 2.05) is 20.8 Å². The Balaban J connectivity index is 2.89. The van der Waals surface area contributed by atoms with E-state index in [2.05, 4.69) is 5.16 Å². The number of hydrogen-bond donors (Lipinski definition) is 0. The fourth-order valence-electron chi connectivity index (χ4n) is 0.729. The van der Waals surface area contributed by atoms with Crippen LogP contribution in [-0.4, -0.2) is 5.16 Å². The van der Waals surface area contributed by atoms with Gasteiger partial charge >= 0.3 is 0 Å². The molecule has 62 valence electrons. The highest BCUT2D eigenvalue weighted by Crippen LogP contribution is 2.21. The first kappa shape index (κ1) is 8.24. The number of hydrogen-bond acceptors (Lipinski definition) is 2. The molecule has 11 heavy (non-hydrogen) atoms. The lowest BCUT2D eigenvalue weighted by molar-refractivity contribution is 0.321. The molecule has 0 unspecified atom stereocenters. The van der Waals surface area contributed by atoms with Crippen LogP contribution < -0.4 is 0 Å². The molecule has 0 aliphatic carbocycles. The molecular weight excluding hydrogens is 145 g/mol. The van der Waals surface area contributed by atoms with E-state index in [0.29, 0.717) is 5.76 Å². The van der Waals surface area contributed by atoms with Crippen molar-refractivity contribution in [3.05, 3.63) is 17.5 Å². The maximum atomic E-state index is 12.0. The quantitative estimate of drug-likeness (QED) is 0.625. The van der Waals surface area contributed by atoms with Gasteiger partial charge in [-0.1, -0.05) is 25.9 Å². The van der Waals surface area contributed by atoms with Gasteiger partial charge in [-0.25, -0.2) is 4.39 Å². The fraction of sp³-hybridized carbons (Fsp3) is 0.625. The molecule has 1 aromatic rings. The van der Waals surface area contributed by atoms with Crippen molar-refractivity contribution in [1.82, 2.24) is 5.16 Å². The summed E-state index contributed by atoms with van der Waals surface area (Å²) in [6.07, 6.45) is 0. The van der Waals surface area contributed by atoms with Crippen molar-refractivity contribution >= 4 is 0 Å². The molecule has 0 amide bonds. The number of halogens is 1. The molecule has 0 fully saturated rings. The standard InChI is InChI=1S/C8H12FNO/c1-8(2,3)7-4-6(5-9)11-10-7/h4H,5H2,1-3H3. The van der Waals surface area contributed by atoms with E-state index >= 15 is 0 Å². The summed E-state index contributed by atoms with van der Waals surface area (Å²) in [6, 6.07) is 1.65. The minimum atomic E-state index is -0.580. The second kappa shape index (κ2) is 2.64. The van der Waals surface area contributed by atoms with Crippen LogP contribution in [-0.2, 0) is 12.1 Å². The lowest BCUT2D eigenvalue weighted by atomic mass is 9.92. The third kappa shape index (κ3) is 1.79. The predicted octanol–water partition coefficient (Wildman–Crippen LogP) is 2.44. The van der Waals surface area contributed by atoms with Gasteiger partial charge in [0.15, 0.2) is 5.76 Å². The summed E-state index contributed by atoms with van der Waals surface area (Å²) in [6.45, 7) is 5.44. The van der Waals surface area contributed by atoms with Crippen molar-refractivity contribution in [2.75, 3.05) is 0 Å². The van der Waals surface area contributed by atoms with Crippen LogP contribution in [0.3, 0.4) is 0 Å². The molecule has 0 saturated heterocycles. The normalized spacial score (nSPS) is 12.0. The molecule has 1 heterocycles. The van der Waals surface area contributed by atoms with Gasteiger partial charge in [0.05, 0.1) is 5.69 Å². The molecule has 0 atom stereocenters. The van der Waals surface area contributed by atoms with Crippen molar-refractivity contribution in [3.63, 3.8) is 0 Å². The smallest absolute Gasteiger partial charge is 0.167 e. The van der Waals surface area contributed by atoms with Crippen LogP contribution in [0.4, 0.5) is 4.39 Å². The topological polar surface area (TPSA) is 26.0 Å². The molecule has 0 aliphatic heterocycles. The van der Waals surface area contributed by atoms with E-state index in [0.717, 1.165) is 5.69 Å². The summed E-state index contributed by atoms with van der Waals surface area (Å²) in [4.78, 5) is 0. The Morgan fingerprint density at radius 1 is 1.55 bits per heavy atom. The zero-order valence-corrected chi connectivity index (χ0v) is 7.02. The van der Waals surface area contributed by atoms with Gasteiger partial charge in [0.25, 0.3) is 0 Å². The van der Waals surface area contributed by atoms with Crippen molar-refractivity contribution < 1.29 is 8.91 Å². The van der Waals surface area contributed by atoms with Gasteiger partial charge in [0.1, 0.15) is 6.67 Å². The van der Waals surface area contributed by atoms with Crippen LogP contribution in [0.1, 0.15) is 32.2 Å². The highest BCUT2D eigenvalue weighted by atomic mass is 19.1. The Morgan fingerprint density at radius 3 is 2.45 bits per heavy atom. The highest BCUT2D eigenvalue weighted by Gasteiger charge is 2.18. The summed E-state index contributed by atoms with van der Waals surface area (Å²) in [5, 5.41) is 3.74. The van der Waals surface area contributed by atoms with Crippen molar-refractivity contribution in [3.8, 4) is 0 Å². The molecule has 0 radical (unpaired) electrons. The van der Waals surface area contributed by atoms with E-state index in [1.165, 1.54) is 0 Å². The predicted molar refractivity (Wildman–Crippen MR) is 40.0 cm³/mol. The van der Waals surface area contributed by atoms with Gasteiger partial charge in [0.2, 0.25) is 0 Å². The van der Waals surface area contributed by atoms with Gasteiger partial charge in [0, 0.05) is 11.5 Å². The van der Waals surface area contributed by atoms with Crippen molar-refractivity contribution in [1.29, 1.82) is 0 Å². The second-order valence-electron chi connectivity index (χ2n) is 3.56. The van der Waals surface area contributed by atoms with Crippen LogP contribution >= 0.6 is 0 Å². The van der Waals surface area contributed by atoms with Crippen LogP contribution in [0.15, 0.2) is 10.6 Å².